The summed E-state index contributed by atoms with van der Waals surface area (Å²) in [7, 11) is 0. The van der Waals surface area contributed by atoms with Gasteiger partial charge in [-0.05, 0) is 42.2 Å². The maximum absolute atomic E-state index is 13.1. The number of benzene rings is 2. The predicted octanol–water partition coefficient (Wildman–Crippen LogP) is 4.82. The number of aliphatic carboxylic acids is 1. The van der Waals surface area contributed by atoms with Crippen LogP contribution in [-0.2, 0) is 33.8 Å². The molecule has 0 saturated carbocycles. The third kappa shape index (κ3) is 5.99. The molecule has 31 heavy (non-hydrogen) atoms. The molecule has 0 saturated heterocycles. The number of carboxylic acid groups (broad SMARTS) is 1. The van der Waals surface area contributed by atoms with Crippen LogP contribution in [-0.4, -0.2) is 23.5 Å². The Hall–Kier alpha value is -3.04. The highest BCUT2D eigenvalue weighted by Gasteiger charge is 2.41. The number of amides is 1. The molecule has 2 aromatic rings. The first-order chi connectivity index (χ1) is 14.3. The quantitative estimate of drug-likeness (QED) is 0.599. The van der Waals surface area contributed by atoms with Crippen molar-refractivity contribution in [1.82, 2.24) is 5.32 Å². The predicted molar refractivity (Wildman–Crippen MR) is 99.2 cm³/mol. The van der Waals surface area contributed by atoms with Crippen LogP contribution >= 0.6 is 0 Å². The lowest BCUT2D eigenvalue weighted by atomic mass is 9.72. The molecule has 10 heteroatoms. The Labute approximate surface area is 173 Å². The second-order valence-corrected chi connectivity index (χ2v) is 7.07. The minimum Gasteiger partial charge on any atom is -0.481 e. The van der Waals surface area contributed by atoms with Crippen molar-refractivity contribution >= 4 is 11.9 Å². The van der Waals surface area contributed by atoms with Gasteiger partial charge in [0.2, 0.25) is 5.91 Å². The zero-order valence-corrected chi connectivity index (χ0v) is 16.3. The van der Waals surface area contributed by atoms with Gasteiger partial charge in [-0.1, -0.05) is 30.3 Å². The molecule has 0 bridgehead atoms. The van der Waals surface area contributed by atoms with Crippen LogP contribution < -0.4 is 5.32 Å². The monoisotopic (exact) mass is 447 g/mol. The van der Waals surface area contributed by atoms with Crippen molar-refractivity contribution in [2.75, 3.05) is 6.54 Å². The number of hydrogen-bond acceptors (Lipinski definition) is 2. The van der Waals surface area contributed by atoms with E-state index in [2.05, 4.69) is 5.32 Å². The van der Waals surface area contributed by atoms with Gasteiger partial charge in [0.15, 0.2) is 0 Å². The number of halogens is 6. The van der Waals surface area contributed by atoms with Gasteiger partial charge in [0, 0.05) is 13.5 Å². The molecule has 1 amide bonds. The van der Waals surface area contributed by atoms with Crippen LogP contribution in [0.5, 0.6) is 0 Å². The normalized spacial score (nSPS) is 14.0. The van der Waals surface area contributed by atoms with Crippen molar-refractivity contribution in [1.29, 1.82) is 0 Å². The first-order valence-corrected chi connectivity index (χ1v) is 9.07. The largest absolute Gasteiger partial charge is 0.481 e. The summed E-state index contributed by atoms with van der Waals surface area (Å²) in [6, 6.07) is 7.52. The SMILES string of the molecule is CC(=O)NCCC(Cc1cccc(C(F)(F)F)c1)(C(=O)O)c1ccc(C(F)(F)F)cc1. The molecule has 2 N–H and O–H groups in total. The minimum absolute atomic E-state index is 0.0178. The van der Waals surface area contributed by atoms with Crippen molar-refractivity contribution in [3.8, 4) is 0 Å². The van der Waals surface area contributed by atoms with E-state index < -0.39 is 47.2 Å². The lowest BCUT2D eigenvalue weighted by Crippen LogP contribution is -2.41. The van der Waals surface area contributed by atoms with E-state index in [1.54, 1.807) is 0 Å². The highest BCUT2D eigenvalue weighted by molar-refractivity contribution is 5.82. The number of carboxylic acids is 1. The van der Waals surface area contributed by atoms with Crippen LogP contribution in [0.25, 0.3) is 0 Å². The summed E-state index contributed by atoms with van der Waals surface area (Å²) in [6.45, 7) is 1.06. The molecule has 4 nitrogen and oxygen atoms in total. The first kappa shape index (κ1) is 24.2. The average molecular weight is 447 g/mol. The molecule has 0 fully saturated rings. The smallest absolute Gasteiger partial charge is 0.416 e. The van der Waals surface area contributed by atoms with Crippen molar-refractivity contribution in [2.45, 2.75) is 37.5 Å². The van der Waals surface area contributed by atoms with Gasteiger partial charge < -0.3 is 10.4 Å². The third-order valence-corrected chi connectivity index (χ3v) is 4.86. The maximum atomic E-state index is 13.1. The van der Waals surface area contributed by atoms with E-state index in [4.69, 9.17) is 0 Å². The van der Waals surface area contributed by atoms with Gasteiger partial charge >= 0.3 is 18.3 Å². The van der Waals surface area contributed by atoms with E-state index in [0.29, 0.717) is 0 Å². The summed E-state index contributed by atoms with van der Waals surface area (Å²) >= 11 is 0. The fourth-order valence-electron chi connectivity index (χ4n) is 3.28. The van der Waals surface area contributed by atoms with Crippen LogP contribution in [0.2, 0.25) is 0 Å². The molecule has 0 spiro atoms. The van der Waals surface area contributed by atoms with Crippen molar-refractivity contribution < 1.29 is 41.0 Å². The van der Waals surface area contributed by atoms with Crippen molar-refractivity contribution in [2.24, 2.45) is 0 Å². The van der Waals surface area contributed by atoms with Gasteiger partial charge in [0.1, 0.15) is 0 Å². The second kappa shape index (κ2) is 8.99. The van der Waals surface area contributed by atoms with Crippen LogP contribution in [0.4, 0.5) is 26.3 Å². The molecular formula is C21H19F6NO3. The fourth-order valence-corrected chi connectivity index (χ4v) is 3.28. The Kier molecular flexibility index (Phi) is 7.03. The lowest BCUT2D eigenvalue weighted by Gasteiger charge is -2.31. The van der Waals surface area contributed by atoms with E-state index in [0.717, 1.165) is 42.5 Å². The van der Waals surface area contributed by atoms with Gasteiger partial charge in [0.05, 0.1) is 16.5 Å². The number of carbonyl (C=O) groups excluding carboxylic acids is 1. The Balaban J connectivity index is 2.53. The highest BCUT2D eigenvalue weighted by atomic mass is 19.4. The number of alkyl halides is 6. The molecule has 0 aliphatic heterocycles. The molecule has 1 unspecified atom stereocenters. The molecule has 0 aromatic heterocycles. The third-order valence-electron chi connectivity index (χ3n) is 4.86. The Morgan fingerprint density at radius 2 is 1.42 bits per heavy atom. The summed E-state index contributed by atoms with van der Waals surface area (Å²) < 4.78 is 77.9. The van der Waals surface area contributed by atoms with Gasteiger partial charge in [-0.15, -0.1) is 0 Å². The maximum Gasteiger partial charge on any atom is 0.416 e. The lowest BCUT2D eigenvalue weighted by molar-refractivity contribution is -0.144. The minimum atomic E-state index is -4.65. The Bertz CT molecular complexity index is 937. The van der Waals surface area contributed by atoms with Crippen molar-refractivity contribution in [3.63, 3.8) is 0 Å². The van der Waals surface area contributed by atoms with Gasteiger partial charge in [-0.25, -0.2) is 0 Å². The number of hydrogen-bond donors (Lipinski definition) is 2. The Morgan fingerprint density at radius 3 is 1.90 bits per heavy atom. The van der Waals surface area contributed by atoms with Gasteiger partial charge in [0.25, 0.3) is 0 Å². The van der Waals surface area contributed by atoms with E-state index >= 15 is 0 Å². The van der Waals surface area contributed by atoms with E-state index in [-0.39, 0.29) is 24.1 Å². The molecule has 0 aliphatic rings. The molecule has 0 aliphatic carbocycles. The molecule has 0 heterocycles. The standard InChI is InChI=1S/C21H19F6NO3/c1-13(29)28-10-9-19(18(30)31,15-5-7-16(8-6-15)20(22,23)24)12-14-3-2-4-17(11-14)21(25,26)27/h2-8,11H,9-10,12H2,1H3,(H,28,29)(H,30,31). The van der Waals surface area contributed by atoms with Gasteiger partial charge in [-0.2, -0.15) is 26.3 Å². The molecule has 2 aromatic carbocycles. The highest BCUT2D eigenvalue weighted by Crippen LogP contribution is 2.37. The molecule has 168 valence electrons. The summed E-state index contributed by atoms with van der Waals surface area (Å²) in [6.07, 6.45) is -9.95. The number of rotatable bonds is 7. The van der Waals surface area contributed by atoms with Crippen molar-refractivity contribution in [3.05, 3.63) is 70.8 Å². The number of carbonyl (C=O) groups is 2. The van der Waals surface area contributed by atoms with E-state index in [9.17, 15) is 41.0 Å². The first-order valence-electron chi connectivity index (χ1n) is 9.07. The van der Waals surface area contributed by atoms with Crippen LogP contribution in [0.3, 0.4) is 0 Å². The van der Waals surface area contributed by atoms with E-state index in [1.165, 1.54) is 13.0 Å². The number of nitrogens with one attached hydrogen (secondary N) is 1. The zero-order chi connectivity index (χ0) is 23.4. The second-order valence-electron chi connectivity index (χ2n) is 7.07. The zero-order valence-electron chi connectivity index (χ0n) is 16.3. The summed E-state index contributed by atoms with van der Waals surface area (Å²) in [5, 5.41) is 12.4. The topological polar surface area (TPSA) is 66.4 Å². The molecule has 0 radical (unpaired) electrons. The van der Waals surface area contributed by atoms with E-state index in [1.807, 2.05) is 0 Å². The van der Waals surface area contributed by atoms with Crippen LogP contribution in [0, 0.1) is 0 Å². The summed E-state index contributed by atoms with van der Waals surface area (Å²) in [5.74, 6) is -1.89. The molecular weight excluding hydrogens is 428 g/mol. The average Bonchev–Trinajstić information content (AvgIpc) is 2.65. The van der Waals surface area contributed by atoms with Gasteiger partial charge in [-0.3, -0.25) is 9.59 Å². The Morgan fingerprint density at radius 1 is 0.871 bits per heavy atom. The summed E-state index contributed by atoms with van der Waals surface area (Å²) in [5.41, 5.74) is -3.80. The summed E-state index contributed by atoms with van der Waals surface area (Å²) in [4.78, 5) is 23.5. The molecule has 2 rings (SSSR count). The molecule has 1 atom stereocenters. The van der Waals surface area contributed by atoms with Crippen LogP contribution in [0.1, 0.15) is 35.6 Å². The van der Waals surface area contributed by atoms with Crippen LogP contribution in [0.15, 0.2) is 48.5 Å². The fraction of sp³-hybridized carbons (Fsp3) is 0.333.